The van der Waals surface area contributed by atoms with E-state index in [1.165, 1.54) is 20.3 Å². The molecule has 39 heavy (non-hydrogen) atoms. The predicted octanol–water partition coefficient (Wildman–Crippen LogP) is 1.17. The summed E-state index contributed by atoms with van der Waals surface area (Å²) in [6.07, 6.45) is 4.42. The van der Waals surface area contributed by atoms with Crippen LogP contribution in [0.15, 0.2) is 0 Å². The number of hydrogen-bond donors (Lipinski definition) is 6. The van der Waals surface area contributed by atoms with E-state index >= 15 is 0 Å². The SMILES string of the molecule is CCCCCCCCC[C@@H]1OC(=O)[C@@H](CO)NC(=O)[C@@H]([C@@H](C)O)NC(=O)[C@@H](C(C)C)NC(=O)[C@@H](C)[C@@H](O)[C@H]1C. The third-order valence-corrected chi connectivity index (χ3v) is 7.50. The molecule has 0 bridgehead atoms. The van der Waals surface area contributed by atoms with E-state index in [1.807, 2.05) is 0 Å². The van der Waals surface area contributed by atoms with Crippen LogP contribution in [0.3, 0.4) is 0 Å². The van der Waals surface area contributed by atoms with Crippen molar-refractivity contribution in [2.75, 3.05) is 6.61 Å². The third-order valence-electron chi connectivity index (χ3n) is 7.50. The third kappa shape index (κ3) is 11.0. The molecule has 0 aromatic heterocycles. The Morgan fingerprint density at radius 2 is 1.36 bits per heavy atom. The predicted molar refractivity (Wildman–Crippen MR) is 146 cm³/mol. The zero-order chi connectivity index (χ0) is 29.7. The van der Waals surface area contributed by atoms with Gasteiger partial charge in [-0.25, -0.2) is 4.79 Å². The number of carbonyl (C=O) groups is 4. The Morgan fingerprint density at radius 1 is 0.821 bits per heavy atom. The topological polar surface area (TPSA) is 174 Å². The van der Waals surface area contributed by atoms with Crippen LogP contribution in [0.5, 0.6) is 0 Å². The Kier molecular flexibility index (Phi) is 15.6. The molecule has 0 aromatic rings. The molecule has 11 nitrogen and oxygen atoms in total. The molecule has 226 valence electrons. The van der Waals surface area contributed by atoms with Crippen molar-refractivity contribution in [2.45, 2.75) is 129 Å². The number of amides is 3. The maximum atomic E-state index is 13.1. The molecular formula is C28H51N3O8. The first kappa shape index (κ1) is 34.8. The largest absolute Gasteiger partial charge is 0.460 e. The second kappa shape index (κ2) is 17.5. The summed E-state index contributed by atoms with van der Waals surface area (Å²) in [4.78, 5) is 52.1. The fourth-order valence-corrected chi connectivity index (χ4v) is 4.70. The van der Waals surface area contributed by atoms with Crippen molar-refractivity contribution in [2.24, 2.45) is 17.8 Å². The van der Waals surface area contributed by atoms with Crippen molar-refractivity contribution in [1.29, 1.82) is 0 Å². The number of cyclic esters (lactones) is 1. The smallest absolute Gasteiger partial charge is 0.331 e. The average Bonchev–Trinajstić information content (AvgIpc) is 2.89. The van der Waals surface area contributed by atoms with Crippen molar-refractivity contribution in [3.05, 3.63) is 0 Å². The van der Waals surface area contributed by atoms with E-state index in [1.54, 1.807) is 20.8 Å². The van der Waals surface area contributed by atoms with Crippen LogP contribution in [0.1, 0.15) is 92.9 Å². The molecule has 1 fully saturated rings. The van der Waals surface area contributed by atoms with Crippen LogP contribution < -0.4 is 16.0 Å². The van der Waals surface area contributed by atoms with Crippen LogP contribution in [-0.2, 0) is 23.9 Å². The highest BCUT2D eigenvalue weighted by molar-refractivity contribution is 5.94. The van der Waals surface area contributed by atoms with Crippen molar-refractivity contribution in [3.8, 4) is 0 Å². The minimum absolute atomic E-state index is 0.371. The fraction of sp³-hybridized carbons (Fsp3) is 0.857. The van der Waals surface area contributed by atoms with Gasteiger partial charge in [0.15, 0.2) is 6.04 Å². The van der Waals surface area contributed by atoms with E-state index < -0.39 is 78.6 Å². The number of hydrogen-bond acceptors (Lipinski definition) is 8. The molecule has 1 aliphatic heterocycles. The normalized spacial score (nSPS) is 30.5. The molecular weight excluding hydrogens is 506 g/mol. The monoisotopic (exact) mass is 557 g/mol. The van der Waals surface area contributed by atoms with Crippen LogP contribution in [0.25, 0.3) is 0 Å². The molecule has 0 radical (unpaired) electrons. The maximum absolute atomic E-state index is 13.1. The number of esters is 1. The van der Waals surface area contributed by atoms with Crippen LogP contribution in [0, 0.1) is 17.8 Å². The Labute approximate surface area is 232 Å². The van der Waals surface area contributed by atoms with Gasteiger partial charge in [-0.2, -0.15) is 0 Å². The minimum Gasteiger partial charge on any atom is -0.460 e. The lowest BCUT2D eigenvalue weighted by Gasteiger charge is -2.32. The highest BCUT2D eigenvalue weighted by Crippen LogP contribution is 2.25. The Morgan fingerprint density at radius 3 is 1.90 bits per heavy atom. The maximum Gasteiger partial charge on any atom is 0.331 e. The summed E-state index contributed by atoms with van der Waals surface area (Å²) in [6, 6.07) is -3.94. The Bertz CT molecular complexity index is 791. The van der Waals surface area contributed by atoms with Crippen LogP contribution >= 0.6 is 0 Å². The fourth-order valence-electron chi connectivity index (χ4n) is 4.70. The van der Waals surface area contributed by atoms with Crippen molar-refractivity contribution in [1.82, 2.24) is 16.0 Å². The summed E-state index contributed by atoms with van der Waals surface area (Å²) in [5, 5.41) is 38.6. The van der Waals surface area contributed by atoms with Gasteiger partial charge < -0.3 is 36.0 Å². The molecule has 6 N–H and O–H groups in total. The van der Waals surface area contributed by atoms with E-state index in [0.717, 1.165) is 38.5 Å². The molecule has 0 spiro atoms. The molecule has 3 amide bonds. The average molecular weight is 558 g/mol. The molecule has 0 unspecified atom stereocenters. The molecule has 0 saturated carbocycles. The van der Waals surface area contributed by atoms with E-state index in [9.17, 15) is 34.5 Å². The van der Waals surface area contributed by atoms with Gasteiger partial charge in [0.05, 0.1) is 24.7 Å². The molecule has 0 aliphatic carbocycles. The van der Waals surface area contributed by atoms with E-state index in [4.69, 9.17) is 4.74 Å². The van der Waals surface area contributed by atoms with Gasteiger partial charge in [0, 0.05) is 5.92 Å². The van der Waals surface area contributed by atoms with Crippen LogP contribution in [0.2, 0.25) is 0 Å². The first-order valence-electron chi connectivity index (χ1n) is 14.4. The highest BCUT2D eigenvalue weighted by Gasteiger charge is 2.39. The number of rotatable bonds is 11. The van der Waals surface area contributed by atoms with Gasteiger partial charge in [0.1, 0.15) is 18.2 Å². The number of nitrogens with one attached hydrogen (secondary N) is 3. The molecule has 8 atom stereocenters. The summed E-state index contributed by atoms with van der Waals surface area (Å²) in [7, 11) is 0. The lowest BCUT2D eigenvalue weighted by atomic mass is 9.86. The van der Waals surface area contributed by atoms with Gasteiger partial charge in [0.25, 0.3) is 0 Å². The van der Waals surface area contributed by atoms with Crippen molar-refractivity contribution < 1.29 is 39.2 Å². The number of carbonyl (C=O) groups excluding carboxylic acids is 4. The number of aliphatic hydroxyl groups excluding tert-OH is 3. The van der Waals surface area contributed by atoms with Crippen LogP contribution in [0.4, 0.5) is 0 Å². The standard InChI is InChI=1S/C28H51N3O8/c1-7-8-9-10-11-12-13-14-21-17(4)24(34)18(5)25(35)30-22(16(2)3)26(36)31-23(19(6)33)27(37)29-20(15-32)28(38)39-21/h16-24,32-34H,7-15H2,1-6H3,(H,29,37)(H,30,35)(H,31,36)/t17-,18-,19+,20+,21-,22+,23+,24-/m0/s1. The molecule has 1 rings (SSSR count). The first-order valence-corrected chi connectivity index (χ1v) is 14.4. The minimum atomic E-state index is -1.45. The molecule has 1 heterocycles. The van der Waals surface area contributed by atoms with Gasteiger partial charge in [0.2, 0.25) is 17.7 Å². The Hall–Kier alpha value is -2.24. The van der Waals surface area contributed by atoms with Crippen molar-refractivity contribution in [3.63, 3.8) is 0 Å². The van der Waals surface area contributed by atoms with Gasteiger partial charge in [-0.05, 0) is 25.7 Å². The van der Waals surface area contributed by atoms with Gasteiger partial charge in [-0.1, -0.05) is 73.1 Å². The molecule has 0 aromatic carbocycles. The molecule has 11 heteroatoms. The molecule has 1 aliphatic rings. The summed E-state index contributed by atoms with van der Waals surface area (Å²) in [5.41, 5.74) is 0. The van der Waals surface area contributed by atoms with E-state index in [0.29, 0.717) is 6.42 Å². The summed E-state index contributed by atoms with van der Waals surface area (Å²) in [6.45, 7) is 9.34. The van der Waals surface area contributed by atoms with Crippen LogP contribution in [-0.4, -0.2) is 82.1 Å². The van der Waals surface area contributed by atoms with Gasteiger partial charge in [-0.15, -0.1) is 0 Å². The number of aliphatic hydroxyl groups is 3. The zero-order valence-corrected chi connectivity index (χ0v) is 24.4. The van der Waals surface area contributed by atoms with E-state index in [2.05, 4.69) is 22.9 Å². The lowest BCUT2D eigenvalue weighted by molar-refractivity contribution is -0.160. The summed E-state index contributed by atoms with van der Waals surface area (Å²) >= 11 is 0. The summed E-state index contributed by atoms with van der Waals surface area (Å²) < 4.78 is 5.71. The molecule has 1 saturated heterocycles. The highest BCUT2D eigenvalue weighted by atomic mass is 16.5. The summed E-state index contributed by atoms with van der Waals surface area (Å²) in [5.74, 6) is -5.01. The first-order chi connectivity index (χ1) is 18.3. The lowest BCUT2D eigenvalue weighted by Crippen LogP contribution is -2.60. The second-order valence-electron chi connectivity index (χ2n) is 11.2. The van der Waals surface area contributed by atoms with Gasteiger partial charge >= 0.3 is 5.97 Å². The number of ether oxygens (including phenoxy) is 1. The quantitative estimate of drug-likeness (QED) is 0.162. The van der Waals surface area contributed by atoms with E-state index in [-0.39, 0.29) is 5.92 Å². The number of unbranched alkanes of at least 4 members (excludes halogenated alkanes) is 6. The zero-order valence-electron chi connectivity index (χ0n) is 24.4. The Balaban J connectivity index is 3.27. The van der Waals surface area contributed by atoms with Gasteiger partial charge in [-0.3, -0.25) is 14.4 Å². The van der Waals surface area contributed by atoms with Crippen molar-refractivity contribution >= 4 is 23.7 Å². The second-order valence-corrected chi connectivity index (χ2v) is 11.2.